The molecule has 6 nitrogen and oxygen atoms in total. The van der Waals surface area contributed by atoms with Crippen LogP contribution in [0.15, 0.2) is 48.5 Å². The Bertz CT molecular complexity index is 949. The van der Waals surface area contributed by atoms with Gasteiger partial charge >= 0.3 is 5.97 Å². The number of fused-ring (bicyclic) bond motifs is 1. The van der Waals surface area contributed by atoms with Crippen molar-refractivity contribution in [2.45, 2.75) is 26.9 Å². The van der Waals surface area contributed by atoms with Gasteiger partial charge in [-0.3, -0.25) is 19.3 Å². The molecule has 1 atom stereocenters. The lowest BCUT2D eigenvalue weighted by Gasteiger charge is -2.15. The number of carbonyl (C=O) groups is 4. The molecule has 2 amide bonds. The number of hydrogen-bond acceptors (Lipinski definition) is 5. The summed E-state index contributed by atoms with van der Waals surface area (Å²) in [7, 11) is 0. The number of ether oxygens (including phenoxy) is 1. The van der Waals surface area contributed by atoms with Crippen LogP contribution in [0.4, 0.5) is 0 Å². The number of carbonyl (C=O) groups excluding carboxylic acids is 4. The third-order valence-electron chi connectivity index (χ3n) is 4.47. The predicted molar refractivity (Wildman–Crippen MR) is 102 cm³/mol. The summed E-state index contributed by atoms with van der Waals surface area (Å²) in [5.74, 6) is -1.68. The van der Waals surface area contributed by atoms with Gasteiger partial charge in [-0.1, -0.05) is 44.2 Å². The molecule has 144 valence electrons. The van der Waals surface area contributed by atoms with Gasteiger partial charge < -0.3 is 4.74 Å². The van der Waals surface area contributed by atoms with E-state index in [1.165, 1.54) is 30.0 Å². The van der Waals surface area contributed by atoms with Gasteiger partial charge in [0, 0.05) is 12.1 Å². The molecule has 0 fully saturated rings. The topological polar surface area (TPSA) is 80.8 Å². The van der Waals surface area contributed by atoms with Crippen molar-refractivity contribution in [2.75, 3.05) is 6.54 Å². The highest BCUT2D eigenvalue weighted by molar-refractivity contribution is 6.22. The molecule has 6 heteroatoms. The van der Waals surface area contributed by atoms with Crippen LogP contribution in [0, 0.1) is 5.92 Å². The molecule has 0 N–H and O–H groups in total. The minimum absolute atomic E-state index is 0.124. The van der Waals surface area contributed by atoms with Crippen molar-refractivity contribution >= 4 is 23.6 Å². The van der Waals surface area contributed by atoms with Crippen LogP contribution >= 0.6 is 0 Å². The molecular weight excluding hydrogens is 358 g/mol. The Morgan fingerprint density at radius 2 is 1.54 bits per heavy atom. The highest BCUT2D eigenvalue weighted by atomic mass is 16.5. The largest absolute Gasteiger partial charge is 0.451 e. The lowest BCUT2D eigenvalue weighted by molar-refractivity contribution is 0.0318. The van der Waals surface area contributed by atoms with Gasteiger partial charge in [0.25, 0.3) is 11.8 Å². The average Bonchev–Trinajstić information content (AvgIpc) is 2.92. The molecule has 1 aliphatic rings. The number of benzene rings is 2. The van der Waals surface area contributed by atoms with Gasteiger partial charge in [-0.2, -0.15) is 0 Å². The van der Waals surface area contributed by atoms with Gasteiger partial charge in [-0.15, -0.1) is 0 Å². The average molecular weight is 379 g/mol. The number of rotatable bonds is 6. The van der Waals surface area contributed by atoms with Crippen molar-refractivity contribution in [1.29, 1.82) is 0 Å². The number of nitrogens with zero attached hydrogens (tertiary/aromatic N) is 1. The molecule has 1 heterocycles. The Balaban J connectivity index is 1.76. The first-order valence-electron chi connectivity index (χ1n) is 9.10. The minimum Gasteiger partial charge on any atom is -0.451 e. The van der Waals surface area contributed by atoms with Crippen LogP contribution in [-0.2, 0) is 4.74 Å². The zero-order valence-electron chi connectivity index (χ0n) is 16.0. The minimum atomic E-state index is -0.974. The summed E-state index contributed by atoms with van der Waals surface area (Å²) in [5, 5.41) is 0. The van der Waals surface area contributed by atoms with Gasteiger partial charge in [-0.25, -0.2) is 4.79 Å². The van der Waals surface area contributed by atoms with E-state index in [1.807, 2.05) is 13.8 Å². The van der Waals surface area contributed by atoms with E-state index >= 15 is 0 Å². The van der Waals surface area contributed by atoms with E-state index in [0.29, 0.717) is 12.1 Å². The van der Waals surface area contributed by atoms with E-state index in [-0.39, 0.29) is 34.3 Å². The smallest absolute Gasteiger partial charge is 0.338 e. The van der Waals surface area contributed by atoms with Gasteiger partial charge in [0.2, 0.25) is 5.78 Å². The molecule has 2 aromatic carbocycles. The number of hydrogen-bond donors (Lipinski definition) is 0. The van der Waals surface area contributed by atoms with Gasteiger partial charge in [0.15, 0.2) is 6.10 Å². The molecule has 0 spiro atoms. The zero-order chi connectivity index (χ0) is 20.4. The van der Waals surface area contributed by atoms with Crippen LogP contribution in [0.3, 0.4) is 0 Å². The number of ketones is 1. The van der Waals surface area contributed by atoms with Crippen molar-refractivity contribution in [3.05, 3.63) is 70.8 Å². The summed E-state index contributed by atoms with van der Waals surface area (Å²) in [4.78, 5) is 50.9. The first-order valence-corrected chi connectivity index (χ1v) is 9.10. The summed E-state index contributed by atoms with van der Waals surface area (Å²) in [6.45, 7) is 5.64. The molecule has 2 aromatic rings. The van der Waals surface area contributed by atoms with Gasteiger partial charge in [-0.05, 0) is 31.0 Å². The highest BCUT2D eigenvalue weighted by Gasteiger charge is 2.36. The third kappa shape index (κ3) is 3.71. The molecule has 0 saturated heterocycles. The Morgan fingerprint density at radius 1 is 0.893 bits per heavy atom. The second kappa shape index (κ2) is 7.76. The maximum Gasteiger partial charge on any atom is 0.338 e. The Morgan fingerprint density at radius 3 is 2.18 bits per heavy atom. The first kappa shape index (κ1) is 19.5. The maximum absolute atomic E-state index is 12.5. The van der Waals surface area contributed by atoms with E-state index in [0.717, 1.165) is 0 Å². The summed E-state index contributed by atoms with van der Waals surface area (Å²) in [6.07, 6.45) is -0.974. The molecule has 3 rings (SSSR count). The number of imide groups is 1. The van der Waals surface area contributed by atoms with E-state index < -0.39 is 18.0 Å². The third-order valence-corrected chi connectivity index (χ3v) is 4.47. The van der Waals surface area contributed by atoms with Crippen molar-refractivity contribution in [3.63, 3.8) is 0 Å². The van der Waals surface area contributed by atoms with Crippen molar-refractivity contribution in [2.24, 2.45) is 5.92 Å². The Kier molecular flexibility index (Phi) is 5.40. The van der Waals surface area contributed by atoms with Crippen LogP contribution in [0.25, 0.3) is 0 Å². The van der Waals surface area contributed by atoms with Crippen LogP contribution in [-0.4, -0.2) is 41.1 Å². The monoisotopic (exact) mass is 379 g/mol. The molecule has 28 heavy (non-hydrogen) atoms. The lowest BCUT2D eigenvalue weighted by Crippen LogP contribution is -2.33. The van der Waals surface area contributed by atoms with Crippen LogP contribution in [0.2, 0.25) is 0 Å². The van der Waals surface area contributed by atoms with E-state index in [9.17, 15) is 19.2 Å². The fourth-order valence-corrected chi connectivity index (χ4v) is 3.07. The standard InChI is InChI=1S/C22H21NO5/c1-13(2)12-23-20(25)17-10-9-16(11-18(17)21(23)26)22(27)28-14(3)19(24)15-7-5-4-6-8-15/h4-11,13-14H,12H2,1-3H3/t14-/m0/s1. The molecule has 0 saturated carbocycles. The molecule has 0 aromatic heterocycles. The number of amides is 2. The molecule has 0 unspecified atom stereocenters. The first-order chi connectivity index (χ1) is 13.3. The zero-order valence-corrected chi connectivity index (χ0v) is 16.0. The second-order valence-corrected chi connectivity index (χ2v) is 7.15. The van der Waals surface area contributed by atoms with Crippen molar-refractivity contribution < 1.29 is 23.9 Å². The summed E-state index contributed by atoms with van der Waals surface area (Å²) in [6, 6.07) is 12.8. The van der Waals surface area contributed by atoms with Crippen molar-refractivity contribution in [3.8, 4) is 0 Å². The Hall–Kier alpha value is -3.28. The van der Waals surface area contributed by atoms with Gasteiger partial charge in [0.05, 0.1) is 16.7 Å². The molecule has 0 bridgehead atoms. The summed E-state index contributed by atoms with van der Waals surface area (Å²) < 4.78 is 5.27. The number of esters is 1. The quantitative estimate of drug-likeness (QED) is 0.437. The van der Waals surface area contributed by atoms with Crippen LogP contribution in [0.5, 0.6) is 0 Å². The molecule has 0 radical (unpaired) electrons. The number of Topliss-reactive ketones (excluding diaryl/α,β-unsaturated/α-hetero) is 1. The molecule has 0 aliphatic carbocycles. The van der Waals surface area contributed by atoms with Crippen LogP contribution in [0.1, 0.15) is 62.2 Å². The molecule has 1 aliphatic heterocycles. The second-order valence-electron chi connectivity index (χ2n) is 7.15. The summed E-state index contributed by atoms with van der Waals surface area (Å²) >= 11 is 0. The summed E-state index contributed by atoms with van der Waals surface area (Å²) in [5.41, 5.74) is 1.03. The molecular formula is C22H21NO5. The van der Waals surface area contributed by atoms with Crippen molar-refractivity contribution in [1.82, 2.24) is 4.90 Å². The fourth-order valence-electron chi connectivity index (χ4n) is 3.07. The predicted octanol–water partition coefficient (Wildman–Crippen LogP) is 3.37. The van der Waals surface area contributed by atoms with Gasteiger partial charge in [0.1, 0.15) is 0 Å². The highest BCUT2D eigenvalue weighted by Crippen LogP contribution is 2.25. The maximum atomic E-state index is 12.5. The fraction of sp³-hybridized carbons (Fsp3) is 0.273. The normalized spacial score (nSPS) is 14.2. The van der Waals surface area contributed by atoms with E-state index in [1.54, 1.807) is 30.3 Å². The van der Waals surface area contributed by atoms with E-state index in [2.05, 4.69) is 0 Å². The Labute approximate surface area is 163 Å². The van der Waals surface area contributed by atoms with E-state index in [4.69, 9.17) is 4.74 Å². The van der Waals surface area contributed by atoms with Crippen LogP contribution < -0.4 is 0 Å². The lowest BCUT2D eigenvalue weighted by atomic mass is 10.1. The SMILES string of the molecule is CC(C)CN1C(=O)c2ccc(C(=O)O[C@@H](C)C(=O)c3ccccc3)cc2C1=O.